The molecule has 0 aliphatic carbocycles. The molecule has 7 heteroatoms. The minimum Gasteiger partial charge on any atom is -0.508 e. The van der Waals surface area contributed by atoms with Crippen molar-refractivity contribution in [1.82, 2.24) is 24.4 Å². The fraction of sp³-hybridized carbons (Fsp3) is 0.286. The predicted molar refractivity (Wildman–Crippen MR) is 112 cm³/mol. The van der Waals surface area contributed by atoms with Crippen LogP contribution in [0.1, 0.15) is 22.4 Å². The maximum atomic E-state index is 10.3. The second-order valence-corrected chi connectivity index (χ2v) is 7.51. The summed E-state index contributed by atoms with van der Waals surface area (Å²) >= 11 is 0. The highest BCUT2D eigenvalue weighted by molar-refractivity contribution is 6.11. The molecule has 0 saturated heterocycles. The first kappa shape index (κ1) is 18.2. The fourth-order valence-corrected chi connectivity index (χ4v) is 3.79. The number of aromatic nitrogens is 4. The Balaban J connectivity index is 2.19. The molecule has 4 aromatic rings. The Morgan fingerprint density at radius 3 is 2.57 bits per heavy atom. The van der Waals surface area contributed by atoms with E-state index in [9.17, 15) is 5.11 Å². The highest BCUT2D eigenvalue weighted by Gasteiger charge is 2.22. The zero-order valence-electron chi connectivity index (χ0n) is 16.8. The third-order valence-corrected chi connectivity index (χ3v) is 5.16. The standard InChI is InChI=1S/C21H24N6O/c1-11-6-7-16(28)12(2)18(11)27-20-15(17-19(22)23-10-24-21(17)27)8-14(9-26(4)5)13(3)25-20/h6-8,10,28H,9H2,1-5H3,(H2,22,23,24). The molecule has 144 valence electrons. The highest BCUT2D eigenvalue weighted by atomic mass is 16.3. The molecule has 7 nitrogen and oxygen atoms in total. The van der Waals surface area contributed by atoms with Gasteiger partial charge in [-0.25, -0.2) is 15.0 Å². The molecule has 0 atom stereocenters. The van der Waals surface area contributed by atoms with E-state index in [-0.39, 0.29) is 5.75 Å². The van der Waals surface area contributed by atoms with Gasteiger partial charge in [0.05, 0.1) is 11.1 Å². The zero-order chi connectivity index (χ0) is 20.2. The molecule has 28 heavy (non-hydrogen) atoms. The van der Waals surface area contributed by atoms with Crippen LogP contribution >= 0.6 is 0 Å². The average molecular weight is 376 g/mol. The van der Waals surface area contributed by atoms with Gasteiger partial charge in [-0.05, 0) is 58.1 Å². The maximum Gasteiger partial charge on any atom is 0.152 e. The summed E-state index contributed by atoms with van der Waals surface area (Å²) in [7, 11) is 4.06. The molecule has 1 aromatic carbocycles. The summed E-state index contributed by atoms with van der Waals surface area (Å²) in [5.41, 5.74) is 12.4. The number of fused-ring (bicyclic) bond motifs is 3. The van der Waals surface area contributed by atoms with Gasteiger partial charge < -0.3 is 15.7 Å². The van der Waals surface area contributed by atoms with E-state index in [0.717, 1.165) is 51.0 Å². The van der Waals surface area contributed by atoms with Crippen LogP contribution in [0.2, 0.25) is 0 Å². The largest absolute Gasteiger partial charge is 0.508 e. The van der Waals surface area contributed by atoms with Crippen molar-refractivity contribution in [3.63, 3.8) is 0 Å². The molecule has 0 amide bonds. The minimum atomic E-state index is 0.235. The molecule has 0 unspecified atom stereocenters. The van der Waals surface area contributed by atoms with E-state index in [1.165, 1.54) is 6.33 Å². The van der Waals surface area contributed by atoms with Crippen LogP contribution in [-0.4, -0.2) is 43.6 Å². The number of phenols is 1. The lowest BCUT2D eigenvalue weighted by Gasteiger charge is -2.15. The molecule has 0 bridgehead atoms. The van der Waals surface area contributed by atoms with Gasteiger partial charge in [0.2, 0.25) is 0 Å². The van der Waals surface area contributed by atoms with E-state index in [2.05, 4.69) is 20.9 Å². The van der Waals surface area contributed by atoms with Crippen molar-refractivity contribution in [1.29, 1.82) is 0 Å². The van der Waals surface area contributed by atoms with E-state index < -0.39 is 0 Å². The van der Waals surface area contributed by atoms with Crippen molar-refractivity contribution in [2.45, 2.75) is 27.3 Å². The first-order valence-electron chi connectivity index (χ1n) is 9.15. The Morgan fingerprint density at radius 1 is 1.11 bits per heavy atom. The lowest BCUT2D eigenvalue weighted by molar-refractivity contribution is 0.401. The molecular formula is C21H24N6O. The van der Waals surface area contributed by atoms with Gasteiger partial charge in [0.15, 0.2) is 5.65 Å². The van der Waals surface area contributed by atoms with E-state index in [0.29, 0.717) is 11.5 Å². The predicted octanol–water partition coefficient (Wildman–Crippen LogP) is 3.24. The summed E-state index contributed by atoms with van der Waals surface area (Å²) in [6, 6.07) is 5.73. The third kappa shape index (κ3) is 2.66. The highest BCUT2D eigenvalue weighted by Crippen LogP contribution is 2.37. The molecule has 0 fully saturated rings. The van der Waals surface area contributed by atoms with Crippen molar-refractivity contribution < 1.29 is 5.11 Å². The van der Waals surface area contributed by atoms with E-state index in [1.54, 1.807) is 6.07 Å². The quantitative estimate of drug-likeness (QED) is 0.570. The van der Waals surface area contributed by atoms with Crippen LogP contribution in [0.15, 0.2) is 24.5 Å². The summed E-state index contributed by atoms with van der Waals surface area (Å²) in [5, 5.41) is 12.0. The monoisotopic (exact) mass is 376 g/mol. The molecule has 4 rings (SSSR count). The number of rotatable bonds is 3. The number of hydrogen-bond donors (Lipinski definition) is 2. The Bertz CT molecular complexity index is 1230. The van der Waals surface area contributed by atoms with Gasteiger partial charge in [-0.1, -0.05) is 6.07 Å². The molecule has 0 aliphatic heterocycles. The second kappa shape index (κ2) is 6.45. The third-order valence-electron chi connectivity index (χ3n) is 5.16. The van der Waals surface area contributed by atoms with Crippen molar-refractivity contribution in [3.8, 4) is 11.4 Å². The van der Waals surface area contributed by atoms with Crippen LogP contribution in [-0.2, 0) is 6.54 Å². The Kier molecular flexibility index (Phi) is 4.19. The van der Waals surface area contributed by atoms with Gasteiger partial charge in [0, 0.05) is 23.2 Å². The molecular weight excluding hydrogens is 352 g/mol. The molecule has 3 heterocycles. The molecule has 3 aromatic heterocycles. The molecule has 0 spiro atoms. The van der Waals surface area contributed by atoms with Crippen LogP contribution in [0.25, 0.3) is 27.8 Å². The van der Waals surface area contributed by atoms with Gasteiger partial charge in [0.1, 0.15) is 23.5 Å². The zero-order valence-corrected chi connectivity index (χ0v) is 16.8. The number of nitrogens with two attached hydrogens (primary N) is 1. The average Bonchev–Trinajstić information content (AvgIpc) is 2.93. The van der Waals surface area contributed by atoms with Crippen LogP contribution in [0, 0.1) is 20.8 Å². The first-order chi connectivity index (χ1) is 13.3. The minimum absolute atomic E-state index is 0.235. The van der Waals surface area contributed by atoms with Crippen LogP contribution in [0.3, 0.4) is 0 Å². The van der Waals surface area contributed by atoms with Crippen LogP contribution in [0.4, 0.5) is 5.82 Å². The number of benzene rings is 1. The maximum absolute atomic E-state index is 10.3. The number of aryl methyl sites for hydroxylation is 2. The van der Waals surface area contributed by atoms with E-state index in [4.69, 9.17) is 10.7 Å². The number of hydrogen-bond acceptors (Lipinski definition) is 6. The number of anilines is 1. The van der Waals surface area contributed by atoms with Crippen molar-refractivity contribution in [3.05, 3.63) is 46.9 Å². The molecule has 0 saturated carbocycles. The summed E-state index contributed by atoms with van der Waals surface area (Å²) in [6.45, 7) is 6.70. The summed E-state index contributed by atoms with van der Waals surface area (Å²) in [6.07, 6.45) is 1.47. The number of nitrogens with zero attached hydrogens (tertiary/aromatic N) is 5. The normalized spacial score (nSPS) is 11.8. The smallest absolute Gasteiger partial charge is 0.152 e. The summed E-state index contributed by atoms with van der Waals surface area (Å²) < 4.78 is 1.99. The van der Waals surface area contributed by atoms with E-state index >= 15 is 0 Å². The lowest BCUT2D eigenvalue weighted by Crippen LogP contribution is -2.12. The topological polar surface area (TPSA) is 93.1 Å². The summed E-state index contributed by atoms with van der Waals surface area (Å²) in [4.78, 5) is 15.8. The lowest BCUT2D eigenvalue weighted by atomic mass is 10.1. The molecule has 0 radical (unpaired) electrons. The van der Waals surface area contributed by atoms with Gasteiger partial charge >= 0.3 is 0 Å². The van der Waals surface area contributed by atoms with Crippen LogP contribution in [0.5, 0.6) is 5.75 Å². The Hall–Kier alpha value is -3.19. The first-order valence-corrected chi connectivity index (χ1v) is 9.15. The van der Waals surface area contributed by atoms with Gasteiger partial charge in [-0.15, -0.1) is 0 Å². The Morgan fingerprint density at radius 2 is 1.86 bits per heavy atom. The van der Waals surface area contributed by atoms with Gasteiger partial charge in [-0.2, -0.15) is 0 Å². The van der Waals surface area contributed by atoms with Gasteiger partial charge in [0.25, 0.3) is 0 Å². The van der Waals surface area contributed by atoms with Crippen molar-refractivity contribution in [2.75, 3.05) is 19.8 Å². The Labute approximate surface area is 163 Å². The molecule has 3 N–H and O–H groups in total. The number of aromatic hydroxyl groups is 1. The number of pyridine rings is 1. The van der Waals surface area contributed by atoms with Crippen molar-refractivity contribution >= 4 is 27.9 Å². The number of nitrogen functional groups attached to an aromatic ring is 1. The van der Waals surface area contributed by atoms with Crippen molar-refractivity contribution in [2.24, 2.45) is 0 Å². The SMILES string of the molecule is Cc1ccc(O)c(C)c1-n1c2nc(C)c(CN(C)C)cc2c2c(N)ncnc21. The number of phenolic OH excluding ortho intramolecular Hbond substituents is 1. The van der Waals surface area contributed by atoms with Gasteiger partial charge in [-0.3, -0.25) is 4.57 Å². The van der Waals surface area contributed by atoms with E-state index in [1.807, 2.05) is 45.5 Å². The molecule has 0 aliphatic rings. The second-order valence-electron chi connectivity index (χ2n) is 7.51. The van der Waals surface area contributed by atoms with Crippen LogP contribution < -0.4 is 5.73 Å². The fourth-order valence-electron chi connectivity index (χ4n) is 3.79. The summed E-state index contributed by atoms with van der Waals surface area (Å²) in [5.74, 6) is 0.657.